The van der Waals surface area contributed by atoms with Crippen LogP contribution in [-0.2, 0) is 6.54 Å². The maximum Gasteiger partial charge on any atom is 0.254 e. The molecule has 24 heavy (non-hydrogen) atoms. The molecule has 0 radical (unpaired) electrons. The Hall–Kier alpha value is -2.77. The summed E-state index contributed by atoms with van der Waals surface area (Å²) in [7, 11) is 1.79. The highest BCUT2D eigenvalue weighted by Gasteiger charge is 2.19. The monoisotopic (exact) mass is 327 g/mol. The van der Waals surface area contributed by atoms with Gasteiger partial charge in [0.2, 0.25) is 0 Å². The quantitative estimate of drug-likeness (QED) is 0.730. The van der Waals surface area contributed by atoms with Crippen LogP contribution in [0.1, 0.15) is 47.2 Å². The standard InChI is InChI=1S/C16H21N7O/c1-10(2)23-12(4)14(11(3)18-23)9-21(5)16(24)13-6-7-22-15(8-13)17-19-20-22/h6-8,10H,9H2,1-5H3. The minimum atomic E-state index is -0.0726. The smallest absolute Gasteiger partial charge is 0.254 e. The zero-order valence-corrected chi connectivity index (χ0v) is 14.6. The summed E-state index contributed by atoms with van der Waals surface area (Å²) in [6.45, 7) is 8.73. The highest BCUT2D eigenvalue weighted by molar-refractivity contribution is 5.94. The molecule has 0 unspecified atom stereocenters. The van der Waals surface area contributed by atoms with E-state index in [-0.39, 0.29) is 5.91 Å². The van der Waals surface area contributed by atoms with E-state index in [4.69, 9.17) is 0 Å². The number of carbonyl (C=O) groups is 1. The Morgan fingerprint density at radius 1 is 1.33 bits per heavy atom. The van der Waals surface area contributed by atoms with Crippen molar-refractivity contribution in [3.05, 3.63) is 40.8 Å². The highest BCUT2D eigenvalue weighted by atomic mass is 16.2. The first-order valence-electron chi connectivity index (χ1n) is 7.86. The van der Waals surface area contributed by atoms with Crippen LogP contribution in [0, 0.1) is 13.8 Å². The Labute approximate surface area is 140 Å². The van der Waals surface area contributed by atoms with Crippen LogP contribution in [0.5, 0.6) is 0 Å². The van der Waals surface area contributed by atoms with Crippen LogP contribution < -0.4 is 0 Å². The van der Waals surface area contributed by atoms with Crippen molar-refractivity contribution in [1.29, 1.82) is 0 Å². The molecule has 0 aliphatic heterocycles. The molecule has 0 aliphatic carbocycles. The molecule has 0 aliphatic rings. The fraction of sp³-hybridized carbons (Fsp3) is 0.438. The molecule has 3 aromatic heterocycles. The van der Waals surface area contributed by atoms with Crippen molar-refractivity contribution >= 4 is 11.6 Å². The van der Waals surface area contributed by atoms with Crippen LogP contribution in [0.25, 0.3) is 5.65 Å². The molecular weight excluding hydrogens is 306 g/mol. The van der Waals surface area contributed by atoms with Crippen molar-refractivity contribution in [2.75, 3.05) is 7.05 Å². The predicted molar refractivity (Wildman–Crippen MR) is 88.7 cm³/mol. The van der Waals surface area contributed by atoms with E-state index in [0.717, 1.165) is 17.0 Å². The summed E-state index contributed by atoms with van der Waals surface area (Å²) in [4.78, 5) is 14.4. The molecule has 3 rings (SSSR count). The average molecular weight is 327 g/mol. The molecule has 8 heteroatoms. The number of fused-ring (bicyclic) bond motifs is 1. The van der Waals surface area contributed by atoms with E-state index in [1.165, 1.54) is 4.52 Å². The molecular formula is C16H21N7O. The van der Waals surface area contributed by atoms with E-state index >= 15 is 0 Å². The Morgan fingerprint density at radius 2 is 2.08 bits per heavy atom. The molecule has 0 bridgehead atoms. The van der Waals surface area contributed by atoms with Crippen LogP contribution in [0.4, 0.5) is 0 Å². The number of aryl methyl sites for hydroxylation is 1. The van der Waals surface area contributed by atoms with Crippen molar-refractivity contribution in [3.8, 4) is 0 Å². The van der Waals surface area contributed by atoms with Crippen molar-refractivity contribution in [2.45, 2.75) is 40.3 Å². The van der Waals surface area contributed by atoms with Crippen molar-refractivity contribution in [1.82, 2.24) is 34.7 Å². The summed E-state index contributed by atoms with van der Waals surface area (Å²) in [6.07, 6.45) is 1.68. The Kier molecular flexibility index (Phi) is 4.04. The van der Waals surface area contributed by atoms with Gasteiger partial charge in [-0.3, -0.25) is 9.48 Å². The number of aromatic nitrogens is 6. The highest BCUT2D eigenvalue weighted by Crippen LogP contribution is 2.19. The van der Waals surface area contributed by atoms with E-state index in [2.05, 4.69) is 34.5 Å². The Morgan fingerprint density at radius 3 is 2.75 bits per heavy atom. The van der Waals surface area contributed by atoms with E-state index in [9.17, 15) is 4.79 Å². The largest absolute Gasteiger partial charge is 0.337 e. The lowest BCUT2D eigenvalue weighted by Crippen LogP contribution is -2.26. The van der Waals surface area contributed by atoms with E-state index < -0.39 is 0 Å². The van der Waals surface area contributed by atoms with Gasteiger partial charge < -0.3 is 4.90 Å². The molecule has 0 fully saturated rings. The minimum Gasteiger partial charge on any atom is -0.337 e. The van der Waals surface area contributed by atoms with Gasteiger partial charge in [0.1, 0.15) is 0 Å². The second kappa shape index (κ2) is 6.03. The number of hydrogen-bond donors (Lipinski definition) is 0. The molecule has 0 saturated carbocycles. The first kappa shape index (κ1) is 16.1. The van der Waals surface area contributed by atoms with Gasteiger partial charge in [0.15, 0.2) is 5.65 Å². The average Bonchev–Trinajstić information content (AvgIpc) is 3.12. The molecule has 126 valence electrons. The van der Waals surface area contributed by atoms with Gasteiger partial charge in [0, 0.05) is 42.7 Å². The lowest BCUT2D eigenvalue weighted by Gasteiger charge is -2.18. The van der Waals surface area contributed by atoms with Crippen LogP contribution in [0.15, 0.2) is 18.3 Å². The van der Waals surface area contributed by atoms with Gasteiger partial charge in [0.25, 0.3) is 5.91 Å². The van der Waals surface area contributed by atoms with E-state index in [0.29, 0.717) is 23.8 Å². The maximum atomic E-state index is 12.7. The first-order chi connectivity index (χ1) is 11.4. The SMILES string of the molecule is Cc1nn(C(C)C)c(C)c1CN(C)C(=O)c1ccn2nnnc2c1. The molecule has 8 nitrogen and oxygen atoms in total. The van der Waals surface area contributed by atoms with E-state index in [1.807, 2.05) is 18.5 Å². The van der Waals surface area contributed by atoms with Gasteiger partial charge in [-0.15, -0.1) is 5.10 Å². The second-order valence-corrected chi connectivity index (χ2v) is 6.25. The summed E-state index contributed by atoms with van der Waals surface area (Å²) in [5, 5.41) is 15.8. The van der Waals surface area contributed by atoms with Crippen molar-refractivity contribution in [3.63, 3.8) is 0 Å². The summed E-state index contributed by atoms with van der Waals surface area (Å²) in [5.41, 5.74) is 4.25. The zero-order valence-electron chi connectivity index (χ0n) is 14.6. The van der Waals surface area contributed by atoms with Gasteiger partial charge in [-0.1, -0.05) is 0 Å². The van der Waals surface area contributed by atoms with Gasteiger partial charge >= 0.3 is 0 Å². The molecule has 3 heterocycles. The number of carbonyl (C=O) groups excluding carboxylic acids is 1. The third-order valence-corrected chi connectivity index (χ3v) is 4.15. The zero-order chi connectivity index (χ0) is 17.4. The predicted octanol–water partition coefficient (Wildman–Crippen LogP) is 1.79. The number of amides is 1. The third-order valence-electron chi connectivity index (χ3n) is 4.15. The molecule has 0 N–H and O–H groups in total. The van der Waals surface area contributed by atoms with Gasteiger partial charge in [-0.25, -0.2) is 4.52 Å². The number of pyridine rings is 1. The summed E-state index contributed by atoms with van der Waals surface area (Å²) < 4.78 is 3.52. The molecule has 0 saturated heterocycles. The summed E-state index contributed by atoms with van der Waals surface area (Å²) in [6, 6.07) is 3.71. The number of hydrogen-bond acceptors (Lipinski definition) is 5. The van der Waals surface area contributed by atoms with E-state index in [1.54, 1.807) is 30.3 Å². The van der Waals surface area contributed by atoms with Gasteiger partial charge in [-0.05, 0) is 50.3 Å². The third kappa shape index (κ3) is 2.75. The Balaban J connectivity index is 1.84. The van der Waals surface area contributed by atoms with Crippen LogP contribution >= 0.6 is 0 Å². The molecule has 0 spiro atoms. The number of nitrogens with zero attached hydrogens (tertiary/aromatic N) is 7. The number of rotatable bonds is 4. The summed E-state index contributed by atoms with van der Waals surface area (Å²) >= 11 is 0. The molecule has 0 atom stereocenters. The molecule has 1 amide bonds. The van der Waals surface area contributed by atoms with Crippen molar-refractivity contribution in [2.24, 2.45) is 0 Å². The van der Waals surface area contributed by atoms with Crippen molar-refractivity contribution < 1.29 is 4.79 Å². The fourth-order valence-corrected chi connectivity index (χ4v) is 2.83. The van der Waals surface area contributed by atoms with Crippen LogP contribution in [-0.4, -0.2) is 47.7 Å². The fourth-order valence-electron chi connectivity index (χ4n) is 2.83. The minimum absolute atomic E-state index is 0.0726. The second-order valence-electron chi connectivity index (χ2n) is 6.25. The first-order valence-corrected chi connectivity index (χ1v) is 7.86. The topological polar surface area (TPSA) is 81.2 Å². The lowest BCUT2D eigenvalue weighted by atomic mass is 10.1. The van der Waals surface area contributed by atoms with Gasteiger partial charge in [-0.2, -0.15) is 5.10 Å². The number of tetrazole rings is 1. The Bertz CT molecular complexity index is 893. The maximum absolute atomic E-state index is 12.7. The summed E-state index contributed by atoms with van der Waals surface area (Å²) in [5.74, 6) is -0.0726. The van der Waals surface area contributed by atoms with Crippen LogP contribution in [0.3, 0.4) is 0 Å². The lowest BCUT2D eigenvalue weighted by molar-refractivity contribution is 0.0784. The van der Waals surface area contributed by atoms with Gasteiger partial charge in [0.05, 0.1) is 5.69 Å². The molecule has 3 aromatic rings. The normalized spacial score (nSPS) is 11.4. The molecule has 0 aromatic carbocycles. The van der Waals surface area contributed by atoms with Crippen LogP contribution in [0.2, 0.25) is 0 Å².